The molecule has 0 radical (unpaired) electrons. The van der Waals surface area contributed by atoms with E-state index >= 15 is 0 Å². The number of hydrogen-bond donors (Lipinski definition) is 2. The Morgan fingerprint density at radius 1 is 1.27 bits per heavy atom. The molecule has 1 heterocycles. The highest BCUT2D eigenvalue weighted by atomic mass is 32.1. The second-order valence-electron chi connectivity index (χ2n) is 7.59. The second kappa shape index (κ2) is 6.91. The zero-order chi connectivity index (χ0) is 17.1. The van der Waals surface area contributed by atoms with Crippen molar-refractivity contribution < 1.29 is 0 Å². The molecule has 1 rings (SSSR count). The van der Waals surface area contributed by atoms with E-state index in [9.17, 15) is 0 Å². The number of rotatable bonds is 6. The fraction of sp³-hybridized carbons (Fsp3) is 0.579. The lowest BCUT2D eigenvalue weighted by Crippen LogP contribution is -2.18. The number of allylic oxidation sites excluding steroid dienone is 2. The lowest BCUT2D eigenvalue weighted by atomic mass is 9.80. The van der Waals surface area contributed by atoms with Crippen molar-refractivity contribution in [3.8, 4) is 0 Å². The van der Waals surface area contributed by atoms with Crippen molar-refractivity contribution in [1.82, 2.24) is 0 Å². The fourth-order valence-corrected chi connectivity index (χ4v) is 3.87. The van der Waals surface area contributed by atoms with Crippen molar-refractivity contribution in [1.29, 1.82) is 0 Å². The zero-order valence-electron chi connectivity index (χ0n) is 15.3. The predicted molar refractivity (Wildman–Crippen MR) is 103 cm³/mol. The lowest BCUT2D eigenvalue weighted by Gasteiger charge is -2.25. The smallest absolute Gasteiger partial charge is 0.0980 e. The van der Waals surface area contributed by atoms with Gasteiger partial charge in [-0.2, -0.15) is 0 Å². The molecule has 0 saturated carbocycles. The maximum absolute atomic E-state index is 6.40. The van der Waals surface area contributed by atoms with Crippen molar-refractivity contribution in [2.75, 3.05) is 12.4 Å². The molecule has 1 aromatic heterocycles. The van der Waals surface area contributed by atoms with E-state index < -0.39 is 0 Å². The minimum atomic E-state index is -0.0540. The van der Waals surface area contributed by atoms with Crippen LogP contribution in [0.1, 0.15) is 64.0 Å². The van der Waals surface area contributed by atoms with Crippen LogP contribution in [0.2, 0.25) is 0 Å². The van der Waals surface area contributed by atoms with Crippen LogP contribution in [0.4, 0.5) is 5.00 Å². The molecule has 0 unspecified atom stereocenters. The van der Waals surface area contributed by atoms with E-state index in [1.165, 1.54) is 16.0 Å². The molecule has 0 aliphatic carbocycles. The summed E-state index contributed by atoms with van der Waals surface area (Å²) in [5.41, 5.74) is 10.00. The van der Waals surface area contributed by atoms with Gasteiger partial charge in [-0.25, -0.2) is 0 Å². The van der Waals surface area contributed by atoms with E-state index in [1.807, 2.05) is 24.5 Å². The van der Waals surface area contributed by atoms with Gasteiger partial charge in [0.05, 0.1) is 5.00 Å². The summed E-state index contributed by atoms with van der Waals surface area (Å²) in [5, 5.41) is 4.50. The predicted octanol–water partition coefficient (Wildman–Crippen LogP) is 5.55. The van der Waals surface area contributed by atoms with Crippen LogP contribution in [-0.4, -0.2) is 7.05 Å². The van der Waals surface area contributed by atoms with Crippen LogP contribution in [0.5, 0.6) is 0 Å². The molecule has 0 atom stereocenters. The summed E-state index contributed by atoms with van der Waals surface area (Å²) in [6.07, 6.45) is 6.10. The summed E-state index contributed by atoms with van der Waals surface area (Å²) in [6.45, 7) is 17.4. The summed E-state index contributed by atoms with van der Waals surface area (Å²) in [5.74, 6) is 0. The highest BCUT2D eigenvalue weighted by Gasteiger charge is 2.30. The summed E-state index contributed by atoms with van der Waals surface area (Å²) in [6, 6.07) is 0. The Morgan fingerprint density at radius 2 is 1.86 bits per heavy atom. The molecule has 0 aromatic carbocycles. The first-order valence-electron chi connectivity index (χ1n) is 8.00. The maximum Gasteiger partial charge on any atom is 0.0980 e. The first-order valence-corrected chi connectivity index (χ1v) is 8.82. The van der Waals surface area contributed by atoms with Gasteiger partial charge in [-0.1, -0.05) is 53.7 Å². The third kappa shape index (κ3) is 4.16. The average Bonchev–Trinajstić information content (AvgIpc) is 2.76. The first-order chi connectivity index (χ1) is 10.1. The van der Waals surface area contributed by atoms with Crippen molar-refractivity contribution in [3.05, 3.63) is 34.7 Å². The Labute approximate surface area is 140 Å². The Bertz CT molecular complexity index is 557. The topological polar surface area (TPSA) is 38.0 Å². The van der Waals surface area contributed by atoms with E-state index in [2.05, 4.69) is 59.5 Å². The molecule has 0 aliphatic rings. The molecule has 124 valence electrons. The van der Waals surface area contributed by atoms with Gasteiger partial charge < -0.3 is 11.1 Å². The van der Waals surface area contributed by atoms with Crippen LogP contribution in [0.15, 0.2) is 18.7 Å². The maximum atomic E-state index is 6.40. The minimum Gasteiger partial charge on any atom is -0.398 e. The number of nitrogens with one attached hydrogen (secondary N) is 1. The highest BCUT2D eigenvalue weighted by Crippen LogP contribution is 2.45. The molecule has 3 N–H and O–H groups in total. The molecular weight excluding hydrogens is 288 g/mol. The molecule has 0 aliphatic heterocycles. The van der Waals surface area contributed by atoms with E-state index in [0.29, 0.717) is 0 Å². The van der Waals surface area contributed by atoms with Crippen LogP contribution in [0.25, 0.3) is 5.70 Å². The average molecular weight is 321 g/mol. The van der Waals surface area contributed by atoms with E-state index in [0.717, 1.165) is 23.5 Å². The van der Waals surface area contributed by atoms with Crippen LogP contribution in [0.3, 0.4) is 0 Å². The fourth-order valence-electron chi connectivity index (χ4n) is 2.58. The van der Waals surface area contributed by atoms with Gasteiger partial charge >= 0.3 is 0 Å². The van der Waals surface area contributed by atoms with Crippen molar-refractivity contribution in [2.45, 2.75) is 59.8 Å². The molecule has 0 spiro atoms. The number of anilines is 1. The van der Waals surface area contributed by atoms with Gasteiger partial charge in [-0.05, 0) is 23.8 Å². The second-order valence-corrected chi connectivity index (χ2v) is 8.62. The Morgan fingerprint density at radius 3 is 2.27 bits per heavy atom. The van der Waals surface area contributed by atoms with Gasteiger partial charge in [-0.15, -0.1) is 17.9 Å². The van der Waals surface area contributed by atoms with E-state index in [-0.39, 0.29) is 10.8 Å². The van der Waals surface area contributed by atoms with E-state index in [4.69, 9.17) is 5.73 Å². The molecule has 22 heavy (non-hydrogen) atoms. The van der Waals surface area contributed by atoms with Crippen LogP contribution < -0.4 is 11.1 Å². The lowest BCUT2D eigenvalue weighted by molar-refractivity contribution is 0.408. The minimum absolute atomic E-state index is 0.0540. The summed E-state index contributed by atoms with van der Waals surface area (Å²) < 4.78 is 0. The molecule has 3 heteroatoms. The Balaban J connectivity index is 3.66. The molecule has 0 amide bonds. The van der Waals surface area contributed by atoms with Crippen molar-refractivity contribution in [3.63, 3.8) is 0 Å². The summed E-state index contributed by atoms with van der Waals surface area (Å²) in [7, 11) is 1.97. The third-order valence-corrected chi connectivity index (χ3v) is 5.34. The largest absolute Gasteiger partial charge is 0.398 e. The molecule has 2 nitrogen and oxygen atoms in total. The van der Waals surface area contributed by atoms with Gasteiger partial charge in [0.25, 0.3) is 0 Å². The van der Waals surface area contributed by atoms with Crippen LogP contribution in [0, 0.1) is 5.41 Å². The highest BCUT2D eigenvalue weighted by molar-refractivity contribution is 7.16. The van der Waals surface area contributed by atoms with Crippen molar-refractivity contribution in [2.24, 2.45) is 11.1 Å². The number of thiophene rings is 1. The SMILES string of the molecule is C=CC(C)(C)c1sc(NC)c(/C(N)=C\CC)c1CC(C)(C)C. The van der Waals surface area contributed by atoms with Gasteiger partial charge in [0.2, 0.25) is 0 Å². The molecule has 1 aromatic rings. The Kier molecular flexibility index (Phi) is 5.91. The third-order valence-electron chi connectivity index (χ3n) is 3.75. The first kappa shape index (κ1) is 18.8. The van der Waals surface area contributed by atoms with E-state index in [1.54, 1.807) is 0 Å². The molecule has 0 bridgehead atoms. The zero-order valence-corrected chi connectivity index (χ0v) is 16.1. The molecule has 0 saturated heterocycles. The Hall–Kier alpha value is -1.22. The van der Waals surface area contributed by atoms with Crippen LogP contribution in [-0.2, 0) is 11.8 Å². The quantitative estimate of drug-likeness (QED) is 0.674. The normalized spacial score (nSPS) is 13.3. The van der Waals surface area contributed by atoms with Gasteiger partial charge in [-0.3, -0.25) is 0 Å². The molecule has 0 fully saturated rings. The van der Waals surface area contributed by atoms with Crippen molar-refractivity contribution >= 4 is 22.0 Å². The standard InChI is InChI=1S/C19H32N2S/c1-9-11-14(20)15-13(12-18(3,4)5)16(19(6,7)10-2)22-17(15)21-8/h10-11,21H,2,9,12,20H2,1,3-8H3/b14-11+. The van der Waals surface area contributed by atoms with Crippen LogP contribution >= 0.6 is 11.3 Å². The summed E-state index contributed by atoms with van der Waals surface area (Å²) in [4.78, 5) is 1.37. The monoisotopic (exact) mass is 320 g/mol. The van der Waals surface area contributed by atoms with Gasteiger partial charge in [0, 0.05) is 28.6 Å². The van der Waals surface area contributed by atoms with Gasteiger partial charge in [0.1, 0.15) is 0 Å². The number of hydrogen-bond acceptors (Lipinski definition) is 3. The molecular formula is C19H32N2S. The summed E-state index contributed by atoms with van der Waals surface area (Å²) >= 11 is 1.81. The number of nitrogens with two attached hydrogens (primary N) is 1. The van der Waals surface area contributed by atoms with Gasteiger partial charge in [0.15, 0.2) is 0 Å².